The number of rotatable bonds is 6. The number of aromatic nitrogens is 2. The number of nitrogens with zero attached hydrogens (tertiary/aromatic N) is 4. The summed E-state index contributed by atoms with van der Waals surface area (Å²) in [7, 11) is -2.32. The minimum absolute atomic E-state index is 0.000772. The van der Waals surface area contributed by atoms with Crippen molar-refractivity contribution in [2.24, 2.45) is 0 Å². The summed E-state index contributed by atoms with van der Waals surface area (Å²) in [6, 6.07) is 4.80. The smallest absolute Gasteiger partial charge is 0.278 e. The van der Waals surface area contributed by atoms with E-state index in [1.807, 2.05) is 0 Å². The molecule has 138 valence electrons. The Bertz CT molecular complexity index is 903. The molecule has 1 aliphatic heterocycles. The second kappa shape index (κ2) is 7.22. The molecule has 3 rings (SSSR count). The lowest BCUT2D eigenvalue weighted by Crippen LogP contribution is -2.31. The molecule has 0 saturated carbocycles. The molecule has 1 unspecified atom stereocenters. The largest absolute Gasteiger partial charge is 0.477 e. The quantitative estimate of drug-likeness (QED) is 0.541. The molecule has 0 N–H and O–H groups in total. The predicted octanol–water partition coefficient (Wildman–Crippen LogP) is 1.24. The normalized spacial score (nSPS) is 17.8. The fraction of sp³-hybridized carbons (Fsp3) is 0.333. The first-order valence-electron chi connectivity index (χ1n) is 7.68. The Morgan fingerprint density at radius 1 is 1.19 bits per heavy atom. The number of benzene rings is 1. The second-order valence-corrected chi connectivity index (χ2v) is 7.45. The molecule has 0 radical (unpaired) electrons. The maximum absolute atomic E-state index is 12.7. The van der Waals surface area contributed by atoms with Crippen molar-refractivity contribution in [1.82, 2.24) is 14.3 Å². The van der Waals surface area contributed by atoms with Crippen LogP contribution in [-0.2, 0) is 10.0 Å². The lowest BCUT2D eigenvalue weighted by Gasteiger charge is -2.17. The molecule has 10 nitrogen and oxygen atoms in total. The number of hydrogen-bond acceptors (Lipinski definition) is 8. The van der Waals surface area contributed by atoms with Crippen molar-refractivity contribution in [3.63, 3.8) is 0 Å². The van der Waals surface area contributed by atoms with E-state index in [-0.39, 0.29) is 35.4 Å². The van der Waals surface area contributed by atoms with Crippen LogP contribution in [0, 0.1) is 10.1 Å². The average Bonchev–Trinajstić information content (AvgIpc) is 3.11. The van der Waals surface area contributed by atoms with E-state index in [0.717, 1.165) is 0 Å². The van der Waals surface area contributed by atoms with Crippen molar-refractivity contribution < 1.29 is 22.8 Å². The van der Waals surface area contributed by atoms with Crippen molar-refractivity contribution in [2.45, 2.75) is 17.4 Å². The van der Waals surface area contributed by atoms with Crippen LogP contribution in [0.1, 0.15) is 6.42 Å². The van der Waals surface area contributed by atoms with Gasteiger partial charge in [0.15, 0.2) is 0 Å². The molecule has 0 aliphatic carbocycles. The zero-order chi connectivity index (χ0) is 18.7. The van der Waals surface area contributed by atoms with E-state index in [1.165, 1.54) is 48.1 Å². The van der Waals surface area contributed by atoms with E-state index < -0.39 is 21.1 Å². The van der Waals surface area contributed by atoms with Crippen LogP contribution in [-0.4, -0.2) is 53.9 Å². The Labute approximate surface area is 149 Å². The molecule has 1 aliphatic rings. The third-order valence-corrected chi connectivity index (χ3v) is 5.78. The second-order valence-electron chi connectivity index (χ2n) is 5.51. The van der Waals surface area contributed by atoms with E-state index in [4.69, 9.17) is 9.47 Å². The molecule has 1 saturated heterocycles. The molecular formula is C15H16N4O6S. The van der Waals surface area contributed by atoms with E-state index >= 15 is 0 Å². The van der Waals surface area contributed by atoms with Crippen molar-refractivity contribution in [1.29, 1.82) is 0 Å². The van der Waals surface area contributed by atoms with Gasteiger partial charge in [-0.25, -0.2) is 18.4 Å². The number of non-ortho nitro benzene ring substituents is 1. The van der Waals surface area contributed by atoms with Gasteiger partial charge in [-0.3, -0.25) is 10.1 Å². The van der Waals surface area contributed by atoms with Gasteiger partial charge in [0.1, 0.15) is 6.10 Å². The van der Waals surface area contributed by atoms with Gasteiger partial charge in [0.05, 0.1) is 23.5 Å². The summed E-state index contributed by atoms with van der Waals surface area (Å²) in [6.45, 7) is 0.408. The molecule has 11 heteroatoms. The number of sulfonamides is 1. The maximum Gasteiger partial charge on any atom is 0.278 e. The maximum atomic E-state index is 12.7. The third kappa shape index (κ3) is 3.58. The van der Waals surface area contributed by atoms with Gasteiger partial charge < -0.3 is 9.47 Å². The zero-order valence-electron chi connectivity index (χ0n) is 13.8. The van der Waals surface area contributed by atoms with Gasteiger partial charge in [-0.1, -0.05) is 0 Å². The fourth-order valence-corrected chi connectivity index (χ4v) is 4.08. The van der Waals surface area contributed by atoms with E-state index in [0.29, 0.717) is 6.42 Å². The number of nitro groups is 1. The Balaban J connectivity index is 1.72. The molecule has 1 fully saturated rings. The van der Waals surface area contributed by atoms with Gasteiger partial charge in [-0.05, 0) is 18.6 Å². The third-order valence-electron chi connectivity index (χ3n) is 3.90. The summed E-state index contributed by atoms with van der Waals surface area (Å²) in [5.74, 6) is 0.429. The lowest BCUT2D eigenvalue weighted by atomic mass is 10.3. The molecule has 1 aromatic carbocycles. The molecule has 1 aromatic heterocycles. The number of methoxy groups -OCH3 is 1. The highest BCUT2D eigenvalue weighted by molar-refractivity contribution is 7.89. The SMILES string of the molecule is COc1nccnc1OC1CCN(S(=O)(=O)c2ccc([N+](=O)[O-])cc2)C1. The van der Waals surface area contributed by atoms with Gasteiger partial charge in [-0.15, -0.1) is 0 Å². The highest BCUT2D eigenvalue weighted by Crippen LogP contribution is 2.27. The summed E-state index contributed by atoms with van der Waals surface area (Å²) in [6.07, 6.45) is 3.00. The molecule has 0 bridgehead atoms. The van der Waals surface area contributed by atoms with E-state index in [2.05, 4.69) is 9.97 Å². The monoisotopic (exact) mass is 380 g/mol. The first-order valence-corrected chi connectivity index (χ1v) is 9.12. The van der Waals surface area contributed by atoms with Crippen molar-refractivity contribution in [2.75, 3.05) is 20.2 Å². The van der Waals surface area contributed by atoms with Crippen LogP contribution in [0.3, 0.4) is 0 Å². The molecule has 2 aromatic rings. The topological polar surface area (TPSA) is 125 Å². The standard InChI is InChI=1S/C15H16N4O6S/c1-24-14-15(17-8-7-16-14)25-12-6-9-18(10-12)26(22,23)13-4-2-11(3-5-13)19(20)21/h2-5,7-8,12H,6,9-10H2,1H3. The Morgan fingerprint density at radius 2 is 1.85 bits per heavy atom. The molecule has 0 spiro atoms. The van der Waals surface area contributed by atoms with Gasteiger partial charge in [0.25, 0.3) is 17.4 Å². The highest BCUT2D eigenvalue weighted by Gasteiger charge is 2.34. The summed E-state index contributed by atoms with van der Waals surface area (Å²) < 4.78 is 37.4. The van der Waals surface area contributed by atoms with Crippen LogP contribution >= 0.6 is 0 Å². The highest BCUT2D eigenvalue weighted by atomic mass is 32.2. The van der Waals surface area contributed by atoms with Crippen LogP contribution in [0.25, 0.3) is 0 Å². The first kappa shape index (κ1) is 18.0. The first-order chi connectivity index (χ1) is 12.4. The fourth-order valence-electron chi connectivity index (χ4n) is 2.59. The molecule has 26 heavy (non-hydrogen) atoms. The van der Waals surface area contributed by atoms with Crippen molar-refractivity contribution >= 4 is 15.7 Å². The summed E-state index contributed by atoms with van der Waals surface area (Å²) >= 11 is 0. The van der Waals surface area contributed by atoms with Gasteiger partial charge in [0, 0.05) is 31.1 Å². The van der Waals surface area contributed by atoms with Crippen molar-refractivity contribution in [3.8, 4) is 11.8 Å². The predicted molar refractivity (Wildman–Crippen MR) is 89.5 cm³/mol. The van der Waals surface area contributed by atoms with Crippen molar-refractivity contribution in [3.05, 3.63) is 46.8 Å². The Morgan fingerprint density at radius 3 is 2.46 bits per heavy atom. The number of hydrogen-bond donors (Lipinski definition) is 0. The van der Waals surface area contributed by atoms with E-state index in [1.54, 1.807) is 0 Å². The van der Waals surface area contributed by atoms with Crippen LogP contribution < -0.4 is 9.47 Å². The number of ether oxygens (including phenoxy) is 2. The minimum Gasteiger partial charge on any atom is -0.477 e. The summed E-state index contributed by atoms with van der Waals surface area (Å²) in [4.78, 5) is 18.1. The van der Waals surface area contributed by atoms with Gasteiger partial charge in [0.2, 0.25) is 10.0 Å². The van der Waals surface area contributed by atoms with Crippen LogP contribution in [0.15, 0.2) is 41.6 Å². The van der Waals surface area contributed by atoms with E-state index in [9.17, 15) is 18.5 Å². The zero-order valence-corrected chi connectivity index (χ0v) is 14.6. The molecule has 1 atom stereocenters. The van der Waals surface area contributed by atoms with Crippen LogP contribution in [0.4, 0.5) is 5.69 Å². The van der Waals surface area contributed by atoms with Crippen LogP contribution in [0.2, 0.25) is 0 Å². The summed E-state index contributed by atoms with van der Waals surface area (Å²) in [5.41, 5.74) is -0.165. The lowest BCUT2D eigenvalue weighted by molar-refractivity contribution is -0.384. The summed E-state index contributed by atoms with van der Waals surface area (Å²) in [5, 5.41) is 10.7. The number of nitro benzene ring substituents is 1. The Kier molecular flexibility index (Phi) is 5.00. The molecular weight excluding hydrogens is 364 g/mol. The van der Waals surface area contributed by atoms with Gasteiger partial charge in [-0.2, -0.15) is 4.31 Å². The molecule has 2 heterocycles. The van der Waals surface area contributed by atoms with Gasteiger partial charge >= 0.3 is 0 Å². The Hall–Kier alpha value is -2.79. The minimum atomic E-state index is -3.76. The van der Waals surface area contributed by atoms with Crippen LogP contribution in [0.5, 0.6) is 11.8 Å². The molecule has 0 amide bonds. The average molecular weight is 380 g/mol.